The number of carbonyl (C=O) groups excluding carboxylic acids is 1. The van der Waals surface area contributed by atoms with Crippen molar-refractivity contribution in [3.05, 3.63) is 54.2 Å². The van der Waals surface area contributed by atoms with Crippen LogP contribution in [0.25, 0.3) is 0 Å². The molecule has 0 radical (unpaired) electrons. The number of aromatic nitrogens is 4. The molecule has 1 saturated heterocycles. The highest BCUT2D eigenvalue weighted by atomic mass is 16.6. The van der Waals surface area contributed by atoms with E-state index >= 15 is 0 Å². The maximum absolute atomic E-state index is 12.3. The summed E-state index contributed by atoms with van der Waals surface area (Å²) in [4.78, 5) is 23.2. The van der Waals surface area contributed by atoms with Gasteiger partial charge in [0, 0.05) is 37.9 Å². The van der Waals surface area contributed by atoms with Gasteiger partial charge in [0.2, 0.25) is 0 Å². The summed E-state index contributed by atoms with van der Waals surface area (Å²) < 4.78 is 13.0. The number of carbonyl (C=O) groups is 1. The smallest absolute Gasteiger partial charge is 0.410 e. The molecule has 0 bridgehead atoms. The molecular formula is C29H41N7O3. The number of piperidine rings is 1. The highest BCUT2D eigenvalue weighted by Crippen LogP contribution is 2.25. The van der Waals surface area contributed by atoms with Gasteiger partial charge in [0.25, 0.3) is 0 Å². The number of nitrogen functional groups attached to an aromatic ring is 1. The highest BCUT2D eigenvalue weighted by Gasteiger charge is 2.26. The average molecular weight is 536 g/mol. The van der Waals surface area contributed by atoms with Gasteiger partial charge in [-0.15, -0.1) is 0 Å². The first kappa shape index (κ1) is 28.2. The lowest BCUT2D eigenvalue weighted by atomic mass is 9.92. The molecule has 3 aromatic rings. The van der Waals surface area contributed by atoms with Crippen molar-refractivity contribution < 1.29 is 14.3 Å². The molecule has 10 heteroatoms. The maximum Gasteiger partial charge on any atom is 0.410 e. The summed E-state index contributed by atoms with van der Waals surface area (Å²) in [6.07, 6.45) is 10.2. The number of hydrogen-bond acceptors (Lipinski definition) is 8. The van der Waals surface area contributed by atoms with Crippen molar-refractivity contribution in [2.75, 3.05) is 30.7 Å². The second kappa shape index (κ2) is 12.8. The Morgan fingerprint density at radius 1 is 1.15 bits per heavy atom. The summed E-state index contributed by atoms with van der Waals surface area (Å²) in [6, 6.07) is 7.68. The minimum Gasteiger partial charge on any atom is -0.494 e. The summed E-state index contributed by atoms with van der Waals surface area (Å²) in [5.74, 6) is 2.70. The van der Waals surface area contributed by atoms with E-state index in [1.54, 1.807) is 6.20 Å². The maximum atomic E-state index is 12.3. The fourth-order valence-electron chi connectivity index (χ4n) is 4.63. The van der Waals surface area contributed by atoms with Crippen LogP contribution in [0.15, 0.2) is 42.9 Å². The molecule has 1 amide bonds. The molecule has 1 fully saturated rings. The zero-order chi connectivity index (χ0) is 27.8. The molecule has 4 rings (SSSR count). The fraction of sp³-hybridized carbons (Fsp3) is 0.517. The van der Waals surface area contributed by atoms with Crippen molar-refractivity contribution in [2.24, 2.45) is 5.92 Å². The third-order valence-corrected chi connectivity index (χ3v) is 6.61. The predicted octanol–water partition coefficient (Wildman–Crippen LogP) is 5.42. The summed E-state index contributed by atoms with van der Waals surface area (Å²) in [5, 5.41) is 7.80. The standard InChI is InChI=1S/C29H41N7O3/c1-5-38-24-10-8-23(9-11-24)33-27-25(30)19-31-26(34-27)17-22-18-32-36(20-22)14-6-7-21-12-15-35(16-13-21)28(37)39-29(2,3)4/h8-11,18-21H,5-7,12-17,30H2,1-4H3,(H,31,33,34). The van der Waals surface area contributed by atoms with Gasteiger partial charge in [0.05, 0.1) is 24.7 Å². The van der Waals surface area contributed by atoms with Gasteiger partial charge in [0.1, 0.15) is 17.2 Å². The molecule has 1 aromatic carbocycles. The first-order chi connectivity index (χ1) is 18.7. The van der Waals surface area contributed by atoms with Crippen LogP contribution in [-0.2, 0) is 17.7 Å². The molecule has 0 aliphatic carbocycles. The summed E-state index contributed by atoms with van der Waals surface area (Å²) in [6.45, 7) is 10.7. The highest BCUT2D eigenvalue weighted by molar-refractivity contribution is 5.68. The Hall–Kier alpha value is -3.82. The van der Waals surface area contributed by atoms with E-state index in [0.29, 0.717) is 36.3 Å². The van der Waals surface area contributed by atoms with Gasteiger partial charge in [-0.1, -0.05) is 0 Å². The topological polar surface area (TPSA) is 120 Å². The van der Waals surface area contributed by atoms with Gasteiger partial charge in [-0.3, -0.25) is 4.68 Å². The van der Waals surface area contributed by atoms with E-state index in [1.807, 2.05) is 67.7 Å². The zero-order valence-corrected chi connectivity index (χ0v) is 23.5. The molecule has 3 N–H and O–H groups in total. The van der Waals surface area contributed by atoms with E-state index in [0.717, 1.165) is 62.3 Å². The largest absolute Gasteiger partial charge is 0.494 e. The minimum absolute atomic E-state index is 0.200. The number of ether oxygens (including phenoxy) is 2. The molecule has 0 spiro atoms. The Labute approximate surface area is 230 Å². The molecule has 0 saturated carbocycles. The molecule has 0 unspecified atom stereocenters. The zero-order valence-electron chi connectivity index (χ0n) is 23.5. The van der Waals surface area contributed by atoms with E-state index < -0.39 is 5.60 Å². The van der Waals surface area contributed by atoms with E-state index in [1.165, 1.54) is 0 Å². The fourth-order valence-corrected chi connectivity index (χ4v) is 4.63. The minimum atomic E-state index is -0.452. The summed E-state index contributed by atoms with van der Waals surface area (Å²) in [7, 11) is 0. The molecule has 10 nitrogen and oxygen atoms in total. The number of rotatable bonds is 10. The van der Waals surface area contributed by atoms with E-state index in [2.05, 4.69) is 26.6 Å². The first-order valence-corrected chi connectivity index (χ1v) is 13.8. The Balaban J connectivity index is 1.22. The Kier molecular flexibility index (Phi) is 9.27. The molecule has 0 atom stereocenters. The number of likely N-dealkylation sites (tertiary alicyclic amines) is 1. The second-order valence-corrected chi connectivity index (χ2v) is 11.0. The van der Waals surface area contributed by atoms with Gasteiger partial charge < -0.3 is 25.4 Å². The van der Waals surface area contributed by atoms with Gasteiger partial charge in [-0.25, -0.2) is 14.8 Å². The number of aryl methyl sites for hydroxylation is 1. The van der Waals surface area contributed by atoms with E-state index in [4.69, 9.17) is 15.2 Å². The number of anilines is 3. The van der Waals surface area contributed by atoms with Crippen LogP contribution in [0.2, 0.25) is 0 Å². The number of amides is 1. The lowest BCUT2D eigenvalue weighted by Crippen LogP contribution is -2.41. The number of nitrogens with two attached hydrogens (primary N) is 1. The van der Waals surface area contributed by atoms with Crippen molar-refractivity contribution in [1.29, 1.82) is 0 Å². The lowest BCUT2D eigenvalue weighted by molar-refractivity contribution is 0.0180. The summed E-state index contributed by atoms with van der Waals surface area (Å²) in [5.41, 5.74) is 8.08. The SMILES string of the molecule is CCOc1ccc(Nc2nc(Cc3cnn(CCCC4CCN(C(=O)OC(C)(C)C)CC4)c3)ncc2N)cc1. The molecule has 2 aromatic heterocycles. The van der Waals surface area contributed by atoms with Crippen LogP contribution >= 0.6 is 0 Å². The van der Waals surface area contributed by atoms with Crippen LogP contribution in [0.4, 0.5) is 22.0 Å². The van der Waals surface area contributed by atoms with Crippen molar-refractivity contribution in [2.45, 2.75) is 71.9 Å². The number of benzene rings is 1. The van der Waals surface area contributed by atoms with Crippen LogP contribution in [0.1, 0.15) is 64.8 Å². The lowest BCUT2D eigenvalue weighted by Gasteiger charge is -2.33. The van der Waals surface area contributed by atoms with Crippen molar-refractivity contribution in [1.82, 2.24) is 24.6 Å². The average Bonchev–Trinajstić information content (AvgIpc) is 3.34. The Morgan fingerprint density at radius 2 is 1.90 bits per heavy atom. The van der Waals surface area contributed by atoms with Gasteiger partial charge in [-0.05, 0) is 89.1 Å². The number of nitrogens with zero attached hydrogens (tertiary/aromatic N) is 5. The molecular weight excluding hydrogens is 494 g/mol. The van der Waals surface area contributed by atoms with Crippen LogP contribution in [0.3, 0.4) is 0 Å². The van der Waals surface area contributed by atoms with Crippen molar-refractivity contribution in [3.8, 4) is 5.75 Å². The predicted molar refractivity (Wildman–Crippen MR) is 152 cm³/mol. The monoisotopic (exact) mass is 535 g/mol. The quantitative estimate of drug-likeness (QED) is 0.353. The third-order valence-electron chi connectivity index (χ3n) is 6.61. The molecule has 3 heterocycles. The summed E-state index contributed by atoms with van der Waals surface area (Å²) >= 11 is 0. The van der Waals surface area contributed by atoms with E-state index in [9.17, 15) is 4.79 Å². The first-order valence-electron chi connectivity index (χ1n) is 13.8. The van der Waals surface area contributed by atoms with Crippen LogP contribution in [0.5, 0.6) is 5.75 Å². The molecule has 1 aliphatic heterocycles. The molecule has 1 aliphatic rings. The number of nitrogens with one attached hydrogen (secondary N) is 1. The Bertz CT molecular complexity index is 1210. The Morgan fingerprint density at radius 3 is 2.59 bits per heavy atom. The van der Waals surface area contributed by atoms with Gasteiger partial charge in [0.15, 0.2) is 5.82 Å². The van der Waals surface area contributed by atoms with Crippen LogP contribution in [-0.4, -0.2) is 56.0 Å². The van der Waals surface area contributed by atoms with E-state index in [-0.39, 0.29) is 6.09 Å². The second-order valence-electron chi connectivity index (χ2n) is 11.0. The normalized spacial score (nSPS) is 14.3. The third kappa shape index (κ3) is 8.59. The van der Waals surface area contributed by atoms with Crippen LogP contribution in [0, 0.1) is 5.92 Å². The number of hydrogen-bond donors (Lipinski definition) is 2. The van der Waals surface area contributed by atoms with Crippen LogP contribution < -0.4 is 15.8 Å². The van der Waals surface area contributed by atoms with Crippen molar-refractivity contribution in [3.63, 3.8) is 0 Å². The molecule has 39 heavy (non-hydrogen) atoms. The van der Waals surface area contributed by atoms with Crippen molar-refractivity contribution >= 4 is 23.3 Å². The molecule has 210 valence electrons. The van der Waals surface area contributed by atoms with Gasteiger partial charge in [-0.2, -0.15) is 5.10 Å². The van der Waals surface area contributed by atoms with Gasteiger partial charge >= 0.3 is 6.09 Å².